The molecule has 1 rings (SSSR count). The largest absolute Gasteiger partial charge is 0.468 e. The molecule has 0 aliphatic heterocycles. The number of carbonyl (C=O) groups excluding carboxylic acids is 1. The molecule has 0 radical (unpaired) electrons. The van der Waals surface area contributed by atoms with E-state index >= 15 is 0 Å². The molecule has 0 heterocycles. The van der Waals surface area contributed by atoms with Crippen molar-refractivity contribution >= 4 is 17.7 Å². The fourth-order valence-electron chi connectivity index (χ4n) is 2.09. The standard InChI is InChI=1S/C13H25NO2S/c1-4-8-14-13(11-6-7-11,12(15)16-3)10-17-9-5-2/h11,14H,4-10H2,1-3H3. The van der Waals surface area contributed by atoms with Gasteiger partial charge >= 0.3 is 5.97 Å². The van der Waals surface area contributed by atoms with E-state index in [1.165, 1.54) is 7.11 Å². The average Bonchev–Trinajstić information content (AvgIpc) is 3.17. The van der Waals surface area contributed by atoms with Crippen molar-refractivity contribution < 1.29 is 9.53 Å². The number of thioether (sulfide) groups is 1. The summed E-state index contributed by atoms with van der Waals surface area (Å²) in [7, 11) is 1.50. The Labute approximate surface area is 109 Å². The molecular weight excluding hydrogens is 234 g/mol. The highest BCUT2D eigenvalue weighted by molar-refractivity contribution is 7.99. The maximum absolute atomic E-state index is 12.1. The molecule has 1 saturated carbocycles. The lowest BCUT2D eigenvalue weighted by Crippen LogP contribution is -2.57. The van der Waals surface area contributed by atoms with Crippen molar-refractivity contribution in [1.82, 2.24) is 5.32 Å². The van der Waals surface area contributed by atoms with Gasteiger partial charge in [-0.3, -0.25) is 4.79 Å². The summed E-state index contributed by atoms with van der Waals surface area (Å²) in [6, 6.07) is 0. The van der Waals surface area contributed by atoms with Gasteiger partial charge < -0.3 is 10.1 Å². The summed E-state index contributed by atoms with van der Waals surface area (Å²) < 4.78 is 5.03. The Kier molecular flexibility index (Phi) is 6.34. The van der Waals surface area contributed by atoms with Crippen LogP contribution in [0.15, 0.2) is 0 Å². The Morgan fingerprint density at radius 1 is 1.41 bits per heavy atom. The maximum atomic E-state index is 12.1. The van der Waals surface area contributed by atoms with Crippen LogP contribution in [0.2, 0.25) is 0 Å². The maximum Gasteiger partial charge on any atom is 0.327 e. The first-order valence-electron chi connectivity index (χ1n) is 6.62. The Morgan fingerprint density at radius 2 is 2.12 bits per heavy atom. The Morgan fingerprint density at radius 3 is 2.59 bits per heavy atom. The first kappa shape index (κ1) is 14.8. The van der Waals surface area contributed by atoms with Gasteiger partial charge in [-0.05, 0) is 43.9 Å². The summed E-state index contributed by atoms with van der Waals surface area (Å²) >= 11 is 1.86. The zero-order valence-electron chi connectivity index (χ0n) is 11.3. The third kappa shape index (κ3) is 3.88. The molecule has 0 aromatic carbocycles. The molecule has 1 aliphatic carbocycles. The number of rotatable bonds is 9. The lowest BCUT2D eigenvalue weighted by atomic mass is 9.95. The molecule has 1 aliphatic rings. The van der Waals surface area contributed by atoms with Gasteiger partial charge in [0.2, 0.25) is 0 Å². The summed E-state index contributed by atoms with van der Waals surface area (Å²) in [4.78, 5) is 12.1. The molecule has 17 heavy (non-hydrogen) atoms. The van der Waals surface area contributed by atoms with E-state index in [9.17, 15) is 4.79 Å². The van der Waals surface area contributed by atoms with Gasteiger partial charge in [0.1, 0.15) is 5.54 Å². The van der Waals surface area contributed by atoms with Gasteiger partial charge in [-0.2, -0.15) is 11.8 Å². The predicted molar refractivity (Wildman–Crippen MR) is 73.4 cm³/mol. The number of hydrogen-bond acceptors (Lipinski definition) is 4. The van der Waals surface area contributed by atoms with E-state index in [1.807, 2.05) is 11.8 Å². The van der Waals surface area contributed by atoms with E-state index in [-0.39, 0.29) is 5.97 Å². The van der Waals surface area contributed by atoms with Gasteiger partial charge in [-0.15, -0.1) is 0 Å². The van der Waals surface area contributed by atoms with Crippen molar-refractivity contribution in [1.29, 1.82) is 0 Å². The quantitative estimate of drug-likeness (QED) is 0.510. The zero-order chi connectivity index (χ0) is 12.7. The summed E-state index contributed by atoms with van der Waals surface area (Å²) in [6.07, 6.45) is 4.50. The number of carbonyl (C=O) groups is 1. The Balaban J connectivity index is 2.67. The fourth-order valence-corrected chi connectivity index (χ4v) is 3.31. The van der Waals surface area contributed by atoms with Crippen LogP contribution in [-0.2, 0) is 9.53 Å². The van der Waals surface area contributed by atoms with Crippen molar-refractivity contribution in [3.63, 3.8) is 0 Å². The highest BCUT2D eigenvalue weighted by Crippen LogP contribution is 2.42. The van der Waals surface area contributed by atoms with Crippen molar-refractivity contribution in [3.05, 3.63) is 0 Å². The van der Waals surface area contributed by atoms with Gasteiger partial charge in [-0.1, -0.05) is 13.8 Å². The minimum Gasteiger partial charge on any atom is -0.468 e. The van der Waals surface area contributed by atoms with Crippen LogP contribution in [0.5, 0.6) is 0 Å². The third-order valence-electron chi connectivity index (χ3n) is 3.19. The molecule has 1 atom stereocenters. The van der Waals surface area contributed by atoms with E-state index < -0.39 is 5.54 Å². The normalized spacial score (nSPS) is 18.8. The lowest BCUT2D eigenvalue weighted by molar-refractivity contribution is -0.148. The first-order valence-corrected chi connectivity index (χ1v) is 7.78. The fraction of sp³-hybridized carbons (Fsp3) is 0.923. The monoisotopic (exact) mass is 259 g/mol. The van der Waals surface area contributed by atoms with Crippen LogP contribution in [0.4, 0.5) is 0 Å². The van der Waals surface area contributed by atoms with Gasteiger partial charge in [0.25, 0.3) is 0 Å². The second-order valence-electron chi connectivity index (χ2n) is 4.72. The minimum absolute atomic E-state index is 0.0722. The van der Waals surface area contributed by atoms with Crippen molar-refractivity contribution in [2.75, 3.05) is 25.2 Å². The van der Waals surface area contributed by atoms with E-state index in [2.05, 4.69) is 19.2 Å². The molecule has 0 saturated heterocycles. The van der Waals surface area contributed by atoms with Crippen LogP contribution in [0, 0.1) is 5.92 Å². The molecule has 1 unspecified atom stereocenters. The van der Waals surface area contributed by atoms with E-state index in [0.717, 1.165) is 43.7 Å². The molecule has 0 amide bonds. The second-order valence-corrected chi connectivity index (χ2v) is 5.82. The summed E-state index contributed by atoms with van der Waals surface area (Å²) in [5, 5.41) is 3.46. The van der Waals surface area contributed by atoms with Gasteiger partial charge in [0.15, 0.2) is 0 Å². The van der Waals surface area contributed by atoms with Gasteiger partial charge in [0.05, 0.1) is 7.11 Å². The van der Waals surface area contributed by atoms with Crippen LogP contribution >= 0.6 is 11.8 Å². The van der Waals surface area contributed by atoms with E-state index in [0.29, 0.717) is 5.92 Å². The minimum atomic E-state index is -0.426. The van der Waals surface area contributed by atoms with Crippen LogP contribution in [0.1, 0.15) is 39.5 Å². The SMILES string of the molecule is CCCNC(CSCCC)(C(=O)OC)C1CC1. The second kappa shape index (κ2) is 7.27. The van der Waals surface area contributed by atoms with Crippen molar-refractivity contribution in [3.8, 4) is 0 Å². The van der Waals surface area contributed by atoms with E-state index in [1.54, 1.807) is 0 Å². The molecule has 1 N–H and O–H groups in total. The highest BCUT2D eigenvalue weighted by Gasteiger charge is 2.51. The molecule has 1 fully saturated rings. The lowest BCUT2D eigenvalue weighted by Gasteiger charge is -2.32. The van der Waals surface area contributed by atoms with Crippen LogP contribution in [0.3, 0.4) is 0 Å². The van der Waals surface area contributed by atoms with Crippen molar-refractivity contribution in [2.45, 2.75) is 45.1 Å². The molecule has 0 aromatic heterocycles. The first-order chi connectivity index (χ1) is 8.21. The predicted octanol–water partition coefficient (Wildman–Crippen LogP) is 2.45. The number of esters is 1. The summed E-state index contributed by atoms with van der Waals surface area (Å²) in [5.74, 6) is 2.36. The Hall–Kier alpha value is -0.220. The van der Waals surface area contributed by atoms with Crippen LogP contribution in [-0.4, -0.2) is 36.7 Å². The molecule has 0 spiro atoms. The molecule has 100 valence electrons. The summed E-state index contributed by atoms with van der Waals surface area (Å²) in [6.45, 7) is 5.18. The van der Waals surface area contributed by atoms with E-state index in [4.69, 9.17) is 4.74 Å². The zero-order valence-corrected chi connectivity index (χ0v) is 12.1. The smallest absolute Gasteiger partial charge is 0.327 e. The molecule has 4 heteroatoms. The van der Waals surface area contributed by atoms with Gasteiger partial charge in [-0.25, -0.2) is 0 Å². The third-order valence-corrected chi connectivity index (χ3v) is 4.55. The average molecular weight is 259 g/mol. The molecule has 0 bridgehead atoms. The van der Waals surface area contributed by atoms with Gasteiger partial charge in [0, 0.05) is 5.75 Å². The van der Waals surface area contributed by atoms with Crippen LogP contribution in [0.25, 0.3) is 0 Å². The number of ether oxygens (including phenoxy) is 1. The summed E-state index contributed by atoms with van der Waals surface area (Å²) in [5.41, 5.74) is -0.426. The van der Waals surface area contributed by atoms with Crippen LogP contribution < -0.4 is 5.32 Å². The number of methoxy groups -OCH3 is 1. The highest BCUT2D eigenvalue weighted by atomic mass is 32.2. The number of hydrogen-bond donors (Lipinski definition) is 1. The van der Waals surface area contributed by atoms with Crippen molar-refractivity contribution in [2.24, 2.45) is 5.92 Å². The number of nitrogens with one attached hydrogen (secondary N) is 1. The molecule has 3 nitrogen and oxygen atoms in total. The topological polar surface area (TPSA) is 38.3 Å². The molecule has 0 aromatic rings. The Bertz CT molecular complexity index is 244. The molecular formula is C13H25NO2S.